The first-order valence-corrected chi connectivity index (χ1v) is 11.3. The Morgan fingerprint density at radius 2 is 1.56 bits per heavy atom. The van der Waals surface area contributed by atoms with E-state index in [1.165, 1.54) is 4.90 Å². The number of hydrogen-bond acceptors (Lipinski definition) is 5. The zero-order valence-corrected chi connectivity index (χ0v) is 19.6. The molecule has 1 saturated heterocycles. The molecule has 1 unspecified atom stereocenters. The molecule has 34 heavy (non-hydrogen) atoms. The fraction of sp³-hybridized carbons (Fsp3) is 0.185. The average Bonchev–Trinajstić information content (AvgIpc) is 3.11. The maximum Gasteiger partial charge on any atom is 0.300 e. The van der Waals surface area contributed by atoms with Gasteiger partial charge < -0.3 is 14.6 Å². The smallest absolute Gasteiger partial charge is 0.300 e. The number of anilines is 1. The Morgan fingerprint density at radius 1 is 0.912 bits per heavy atom. The minimum atomic E-state index is -0.853. The van der Waals surface area contributed by atoms with Crippen molar-refractivity contribution in [1.82, 2.24) is 0 Å². The summed E-state index contributed by atoms with van der Waals surface area (Å²) in [7, 11) is 0. The molecule has 0 spiro atoms. The number of ether oxygens (including phenoxy) is 2. The summed E-state index contributed by atoms with van der Waals surface area (Å²) in [5, 5.41) is 11.7. The molecule has 1 aliphatic rings. The minimum absolute atomic E-state index is 0.00476. The fourth-order valence-electron chi connectivity index (χ4n) is 3.99. The normalized spacial score (nSPS) is 17.1. The molecule has 0 bridgehead atoms. The van der Waals surface area contributed by atoms with Crippen LogP contribution in [0.1, 0.15) is 31.0 Å². The van der Waals surface area contributed by atoms with Crippen molar-refractivity contribution >= 4 is 34.7 Å². The molecule has 174 valence electrons. The standard InChI is InChI=1S/C27H24ClNO5/c1-3-33-21-14-12-20(13-15-21)29-24(18-6-5-7-22(16-18)34-4-2)23(26(31)27(29)32)25(30)17-8-10-19(28)11-9-17/h5-16,24,30H,3-4H2,1-2H3/b25-23-. The summed E-state index contributed by atoms with van der Waals surface area (Å²) >= 11 is 5.99. The predicted octanol–water partition coefficient (Wildman–Crippen LogP) is 5.76. The zero-order valence-electron chi connectivity index (χ0n) is 18.8. The molecule has 4 rings (SSSR count). The van der Waals surface area contributed by atoms with Crippen LogP contribution in [0, 0.1) is 0 Å². The number of carbonyl (C=O) groups excluding carboxylic acids is 2. The number of halogens is 1. The number of aliphatic hydroxyl groups excluding tert-OH is 1. The number of ketones is 1. The first kappa shape index (κ1) is 23.4. The highest BCUT2D eigenvalue weighted by Gasteiger charge is 2.47. The van der Waals surface area contributed by atoms with Crippen LogP contribution in [0.2, 0.25) is 5.02 Å². The van der Waals surface area contributed by atoms with Gasteiger partial charge in [-0.1, -0.05) is 23.7 Å². The highest BCUT2D eigenvalue weighted by atomic mass is 35.5. The predicted molar refractivity (Wildman–Crippen MR) is 131 cm³/mol. The number of nitrogens with zero attached hydrogens (tertiary/aromatic N) is 1. The van der Waals surface area contributed by atoms with E-state index in [0.717, 1.165) is 0 Å². The van der Waals surface area contributed by atoms with Crippen molar-refractivity contribution in [3.05, 3.63) is 94.5 Å². The Labute approximate surface area is 203 Å². The first-order chi connectivity index (χ1) is 16.4. The van der Waals surface area contributed by atoms with Crippen LogP contribution in [-0.4, -0.2) is 30.0 Å². The van der Waals surface area contributed by atoms with Gasteiger partial charge >= 0.3 is 0 Å². The summed E-state index contributed by atoms with van der Waals surface area (Å²) in [6, 6.07) is 19.7. The summed E-state index contributed by atoms with van der Waals surface area (Å²) in [6.45, 7) is 4.73. The number of amides is 1. The molecule has 1 atom stereocenters. The van der Waals surface area contributed by atoms with Crippen LogP contribution in [0.15, 0.2) is 78.4 Å². The van der Waals surface area contributed by atoms with Gasteiger partial charge in [0.15, 0.2) is 0 Å². The lowest BCUT2D eigenvalue weighted by Crippen LogP contribution is -2.29. The molecule has 7 heteroatoms. The quantitative estimate of drug-likeness (QED) is 0.266. The lowest BCUT2D eigenvalue weighted by Gasteiger charge is -2.26. The van der Waals surface area contributed by atoms with Crippen molar-refractivity contribution in [3.63, 3.8) is 0 Å². The SMILES string of the molecule is CCOc1ccc(N2C(=O)C(=O)/C(=C(\O)c3ccc(Cl)cc3)C2c2cccc(OCC)c2)cc1. The molecule has 0 radical (unpaired) electrons. The van der Waals surface area contributed by atoms with Crippen LogP contribution < -0.4 is 14.4 Å². The van der Waals surface area contributed by atoms with Crippen molar-refractivity contribution in [2.45, 2.75) is 19.9 Å². The number of carbonyl (C=O) groups is 2. The zero-order chi connectivity index (χ0) is 24.2. The summed E-state index contributed by atoms with van der Waals surface area (Å²) < 4.78 is 11.1. The Bertz CT molecular complexity index is 1230. The van der Waals surface area contributed by atoms with Gasteiger partial charge in [0.05, 0.1) is 24.8 Å². The molecule has 1 N–H and O–H groups in total. The van der Waals surface area contributed by atoms with Crippen LogP contribution in [0.3, 0.4) is 0 Å². The van der Waals surface area contributed by atoms with Crippen molar-refractivity contribution < 1.29 is 24.2 Å². The molecule has 0 aromatic heterocycles. The number of benzene rings is 3. The van der Waals surface area contributed by atoms with Gasteiger partial charge in [-0.05, 0) is 80.1 Å². The molecule has 3 aromatic rings. The van der Waals surface area contributed by atoms with E-state index < -0.39 is 17.7 Å². The van der Waals surface area contributed by atoms with E-state index in [1.807, 2.05) is 13.8 Å². The summed E-state index contributed by atoms with van der Waals surface area (Å²) in [6.07, 6.45) is 0. The lowest BCUT2D eigenvalue weighted by atomic mass is 9.95. The topological polar surface area (TPSA) is 76.1 Å². The van der Waals surface area contributed by atoms with Crippen molar-refractivity contribution in [3.8, 4) is 11.5 Å². The number of rotatable bonds is 7. The monoisotopic (exact) mass is 477 g/mol. The van der Waals surface area contributed by atoms with Gasteiger partial charge in [0.2, 0.25) is 0 Å². The molecule has 0 aliphatic carbocycles. The fourth-order valence-corrected chi connectivity index (χ4v) is 4.11. The number of Topliss-reactive ketones (excluding diaryl/α,β-unsaturated/α-hetero) is 1. The molecule has 3 aromatic carbocycles. The second-order valence-electron chi connectivity index (χ2n) is 7.61. The molecule has 1 aliphatic heterocycles. The van der Waals surface area contributed by atoms with E-state index in [-0.39, 0.29) is 11.3 Å². The third kappa shape index (κ3) is 4.50. The largest absolute Gasteiger partial charge is 0.507 e. The van der Waals surface area contributed by atoms with Gasteiger partial charge in [-0.2, -0.15) is 0 Å². The van der Waals surface area contributed by atoms with Gasteiger partial charge in [-0.25, -0.2) is 0 Å². The van der Waals surface area contributed by atoms with E-state index in [2.05, 4.69) is 0 Å². The van der Waals surface area contributed by atoms with E-state index in [0.29, 0.717) is 46.5 Å². The Balaban J connectivity index is 1.89. The van der Waals surface area contributed by atoms with Crippen LogP contribution in [0.4, 0.5) is 5.69 Å². The highest BCUT2D eigenvalue weighted by molar-refractivity contribution is 6.51. The maximum atomic E-state index is 13.3. The molecule has 0 saturated carbocycles. The van der Waals surface area contributed by atoms with Crippen LogP contribution >= 0.6 is 11.6 Å². The second-order valence-corrected chi connectivity index (χ2v) is 8.04. The van der Waals surface area contributed by atoms with Crippen LogP contribution in [-0.2, 0) is 9.59 Å². The van der Waals surface area contributed by atoms with Crippen molar-refractivity contribution in [2.75, 3.05) is 18.1 Å². The molecule has 1 heterocycles. The summed E-state index contributed by atoms with van der Waals surface area (Å²) in [5.41, 5.74) is 1.52. The molecule has 6 nitrogen and oxygen atoms in total. The number of hydrogen-bond donors (Lipinski definition) is 1. The Kier molecular flexibility index (Phi) is 6.89. The molecular formula is C27H24ClNO5. The number of aliphatic hydroxyl groups is 1. The molecule has 1 fully saturated rings. The van der Waals surface area contributed by atoms with E-state index in [4.69, 9.17) is 21.1 Å². The Hall–Kier alpha value is -3.77. The van der Waals surface area contributed by atoms with E-state index in [1.54, 1.807) is 72.8 Å². The first-order valence-electron chi connectivity index (χ1n) is 11.0. The third-order valence-corrected chi connectivity index (χ3v) is 5.72. The highest BCUT2D eigenvalue weighted by Crippen LogP contribution is 2.43. The van der Waals surface area contributed by atoms with Crippen molar-refractivity contribution in [2.24, 2.45) is 0 Å². The Morgan fingerprint density at radius 3 is 2.21 bits per heavy atom. The van der Waals surface area contributed by atoms with Gasteiger partial charge in [-0.15, -0.1) is 0 Å². The van der Waals surface area contributed by atoms with Gasteiger partial charge in [0.1, 0.15) is 17.3 Å². The minimum Gasteiger partial charge on any atom is -0.507 e. The van der Waals surface area contributed by atoms with Gasteiger partial charge in [0.25, 0.3) is 11.7 Å². The molecular weight excluding hydrogens is 454 g/mol. The van der Waals surface area contributed by atoms with Crippen LogP contribution in [0.25, 0.3) is 5.76 Å². The van der Waals surface area contributed by atoms with E-state index >= 15 is 0 Å². The lowest BCUT2D eigenvalue weighted by molar-refractivity contribution is -0.132. The van der Waals surface area contributed by atoms with Gasteiger partial charge in [0, 0.05) is 16.3 Å². The summed E-state index contributed by atoms with van der Waals surface area (Å²) in [4.78, 5) is 27.9. The maximum absolute atomic E-state index is 13.3. The second kappa shape index (κ2) is 10.0. The summed E-state index contributed by atoms with van der Waals surface area (Å²) in [5.74, 6) is -0.516. The third-order valence-electron chi connectivity index (χ3n) is 5.47. The van der Waals surface area contributed by atoms with Gasteiger partial charge in [-0.3, -0.25) is 14.5 Å². The molecule has 1 amide bonds. The van der Waals surface area contributed by atoms with E-state index in [9.17, 15) is 14.7 Å². The van der Waals surface area contributed by atoms with Crippen molar-refractivity contribution in [1.29, 1.82) is 0 Å². The average molecular weight is 478 g/mol. The van der Waals surface area contributed by atoms with Crippen LogP contribution in [0.5, 0.6) is 11.5 Å².